The van der Waals surface area contributed by atoms with Gasteiger partial charge in [-0.25, -0.2) is 4.79 Å². The maximum atomic E-state index is 12.5. The molecule has 0 bridgehead atoms. The molecule has 0 aromatic heterocycles. The Morgan fingerprint density at radius 1 is 1.10 bits per heavy atom. The summed E-state index contributed by atoms with van der Waals surface area (Å²) in [6.07, 6.45) is 3.91. The highest BCUT2D eigenvalue weighted by molar-refractivity contribution is 5.86. The Kier molecular flexibility index (Phi) is 8.07. The number of hydrogen-bond acceptors (Lipinski definition) is 6. The van der Waals surface area contributed by atoms with Gasteiger partial charge in [0.2, 0.25) is 5.91 Å². The van der Waals surface area contributed by atoms with E-state index in [9.17, 15) is 19.5 Å². The van der Waals surface area contributed by atoms with Crippen molar-refractivity contribution in [3.63, 3.8) is 0 Å². The lowest BCUT2D eigenvalue weighted by Gasteiger charge is -2.23. The second-order valence-electron chi connectivity index (χ2n) is 7.89. The van der Waals surface area contributed by atoms with Crippen LogP contribution in [-0.4, -0.2) is 59.3 Å². The molecule has 1 aliphatic heterocycles. The first kappa shape index (κ1) is 22.1. The summed E-state index contributed by atoms with van der Waals surface area (Å²) >= 11 is 0. The summed E-state index contributed by atoms with van der Waals surface area (Å²) in [6, 6.07) is 8.41. The van der Waals surface area contributed by atoms with E-state index in [0.717, 1.165) is 31.2 Å². The third kappa shape index (κ3) is 6.45. The molecule has 8 heteroatoms. The van der Waals surface area contributed by atoms with Gasteiger partial charge in [-0.2, -0.15) is 0 Å². The summed E-state index contributed by atoms with van der Waals surface area (Å²) in [5, 5.41) is 12.6. The van der Waals surface area contributed by atoms with E-state index in [2.05, 4.69) is 5.32 Å². The van der Waals surface area contributed by atoms with Gasteiger partial charge in [0.25, 0.3) is 0 Å². The first-order valence-electron chi connectivity index (χ1n) is 10.7. The Morgan fingerprint density at radius 2 is 1.83 bits per heavy atom. The van der Waals surface area contributed by atoms with Crippen molar-refractivity contribution in [1.29, 1.82) is 0 Å². The lowest BCUT2D eigenvalue weighted by molar-refractivity contribution is -0.150. The van der Waals surface area contributed by atoms with Gasteiger partial charge in [0.05, 0.1) is 19.1 Å². The number of β-amino-alcohol motifs (C(OH)–C–C–N with tert-alkyl or cyclic N) is 1. The standard InChI is InChI=1S/C22H30N2O6/c25-17-13-19(24(14-17)22(28)29-15-16-7-3-1-4-8-16)21(27)23-12-11-20(26)30-18-9-5-2-6-10-18/h1,3-4,7-8,17-19,25H,2,5-6,9-15H2,(H,23,27)/t17-,19+/m1/s1. The molecular formula is C22H30N2O6. The molecule has 30 heavy (non-hydrogen) atoms. The maximum Gasteiger partial charge on any atom is 0.410 e. The van der Waals surface area contributed by atoms with Gasteiger partial charge in [0.15, 0.2) is 0 Å². The average Bonchev–Trinajstić information content (AvgIpc) is 3.15. The number of amides is 2. The van der Waals surface area contributed by atoms with Crippen LogP contribution in [0.5, 0.6) is 0 Å². The van der Waals surface area contributed by atoms with Crippen LogP contribution < -0.4 is 5.32 Å². The van der Waals surface area contributed by atoms with E-state index in [-0.39, 0.29) is 44.6 Å². The number of carbonyl (C=O) groups excluding carboxylic acids is 3. The van der Waals surface area contributed by atoms with Crippen LogP contribution in [0, 0.1) is 0 Å². The van der Waals surface area contributed by atoms with Gasteiger partial charge in [0, 0.05) is 13.0 Å². The minimum Gasteiger partial charge on any atom is -0.462 e. The van der Waals surface area contributed by atoms with Crippen LogP contribution in [0.15, 0.2) is 30.3 Å². The van der Waals surface area contributed by atoms with E-state index in [1.54, 1.807) is 0 Å². The largest absolute Gasteiger partial charge is 0.462 e. The second-order valence-corrected chi connectivity index (χ2v) is 7.89. The summed E-state index contributed by atoms with van der Waals surface area (Å²) in [4.78, 5) is 38.1. The normalized spacial score (nSPS) is 21.8. The van der Waals surface area contributed by atoms with Gasteiger partial charge in [-0.1, -0.05) is 36.8 Å². The number of nitrogens with zero attached hydrogens (tertiary/aromatic N) is 1. The topological polar surface area (TPSA) is 105 Å². The van der Waals surface area contributed by atoms with Crippen molar-refractivity contribution in [2.75, 3.05) is 13.1 Å². The number of likely N-dealkylation sites (tertiary alicyclic amines) is 1. The highest BCUT2D eigenvalue weighted by Gasteiger charge is 2.39. The molecule has 1 saturated heterocycles. The zero-order valence-corrected chi connectivity index (χ0v) is 17.1. The zero-order valence-electron chi connectivity index (χ0n) is 17.1. The Labute approximate surface area is 176 Å². The van der Waals surface area contributed by atoms with Gasteiger partial charge < -0.3 is 19.9 Å². The van der Waals surface area contributed by atoms with E-state index in [1.807, 2.05) is 30.3 Å². The monoisotopic (exact) mass is 418 g/mol. The fourth-order valence-electron chi connectivity index (χ4n) is 3.90. The smallest absolute Gasteiger partial charge is 0.410 e. The van der Waals surface area contributed by atoms with Crippen LogP contribution in [0.4, 0.5) is 4.79 Å². The summed E-state index contributed by atoms with van der Waals surface area (Å²) in [7, 11) is 0. The molecule has 1 heterocycles. The summed E-state index contributed by atoms with van der Waals surface area (Å²) in [5.41, 5.74) is 0.836. The molecule has 3 rings (SSSR count). The molecule has 0 radical (unpaired) electrons. The molecule has 1 aromatic carbocycles. The lowest BCUT2D eigenvalue weighted by Crippen LogP contribution is -2.46. The lowest BCUT2D eigenvalue weighted by atomic mass is 9.98. The van der Waals surface area contributed by atoms with Crippen molar-refractivity contribution >= 4 is 18.0 Å². The van der Waals surface area contributed by atoms with Crippen LogP contribution in [0.3, 0.4) is 0 Å². The van der Waals surface area contributed by atoms with Crippen LogP contribution in [0.2, 0.25) is 0 Å². The second kappa shape index (κ2) is 11.0. The summed E-state index contributed by atoms with van der Waals surface area (Å²) < 4.78 is 10.7. The van der Waals surface area contributed by atoms with Crippen molar-refractivity contribution in [3.8, 4) is 0 Å². The zero-order chi connectivity index (χ0) is 21.3. The van der Waals surface area contributed by atoms with E-state index in [1.165, 1.54) is 11.3 Å². The Morgan fingerprint density at radius 3 is 2.57 bits per heavy atom. The molecular weight excluding hydrogens is 388 g/mol. The number of aliphatic hydroxyl groups excluding tert-OH is 1. The van der Waals surface area contributed by atoms with Gasteiger partial charge in [-0.05, 0) is 31.2 Å². The Bertz CT molecular complexity index is 720. The first-order valence-corrected chi connectivity index (χ1v) is 10.7. The number of carbonyl (C=O) groups is 3. The number of nitrogens with one attached hydrogen (secondary N) is 1. The molecule has 164 valence electrons. The van der Waals surface area contributed by atoms with Gasteiger partial charge in [0.1, 0.15) is 18.8 Å². The molecule has 2 fully saturated rings. The highest BCUT2D eigenvalue weighted by atomic mass is 16.6. The maximum absolute atomic E-state index is 12.5. The van der Waals surface area contributed by atoms with Gasteiger partial charge in [-0.15, -0.1) is 0 Å². The molecule has 8 nitrogen and oxygen atoms in total. The third-order valence-corrected chi connectivity index (χ3v) is 5.50. The van der Waals surface area contributed by atoms with Crippen molar-refractivity contribution in [1.82, 2.24) is 10.2 Å². The first-order chi connectivity index (χ1) is 14.5. The van der Waals surface area contributed by atoms with Crippen LogP contribution in [0.1, 0.15) is 50.5 Å². The predicted octanol–water partition coefficient (Wildman–Crippen LogP) is 2.14. The number of rotatable bonds is 7. The molecule has 2 aliphatic rings. The number of benzene rings is 1. The number of ether oxygens (including phenoxy) is 2. The van der Waals surface area contributed by atoms with Crippen LogP contribution in [-0.2, 0) is 25.7 Å². The van der Waals surface area contributed by atoms with E-state index >= 15 is 0 Å². The van der Waals surface area contributed by atoms with Gasteiger partial charge >= 0.3 is 12.1 Å². The highest BCUT2D eigenvalue weighted by Crippen LogP contribution is 2.21. The Hall–Kier alpha value is -2.61. The van der Waals surface area contributed by atoms with E-state index in [0.29, 0.717) is 0 Å². The Balaban J connectivity index is 1.42. The molecule has 0 spiro atoms. The molecule has 2 atom stereocenters. The fourth-order valence-corrected chi connectivity index (χ4v) is 3.90. The van der Waals surface area contributed by atoms with Crippen LogP contribution >= 0.6 is 0 Å². The quantitative estimate of drug-likeness (QED) is 0.658. The minimum atomic E-state index is -0.822. The molecule has 0 unspecified atom stereocenters. The molecule has 2 N–H and O–H groups in total. The number of esters is 1. The number of aliphatic hydroxyl groups is 1. The predicted molar refractivity (Wildman–Crippen MR) is 108 cm³/mol. The summed E-state index contributed by atoms with van der Waals surface area (Å²) in [6.45, 7) is 0.257. The van der Waals surface area contributed by atoms with E-state index in [4.69, 9.17) is 9.47 Å². The molecule has 1 aliphatic carbocycles. The molecule has 1 aromatic rings. The SMILES string of the molecule is O=C(CCNC(=O)[C@@H]1C[C@@H](O)CN1C(=O)OCc1ccccc1)OC1CCCCC1. The van der Waals surface area contributed by atoms with Crippen LogP contribution in [0.25, 0.3) is 0 Å². The molecule has 2 amide bonds. The van der Waals surface area contributed by atoms with Crippen molar-refractivity contribution in [3.05, 3.63) is 35.9 Å². The van der Waals surface area contributed by atoms with Crippen molar-refractivity contribution < 1.29 is 29.0 Å². The van der Waals surface area contributed by atoms with Crippen molar-refractivity contribution in [2.45, 2.75) is 69.8 Å². The molecule has 1 saturated carbocycles. The number of hydrogen-bond donors (Lipinski definition) is 2. The van der Waals surface area contributed by atoms with Crippen molar-refractivity contribution in [2.24, 2.45) is 0 Å². The third-order valence-electron chi connectivity index (χ3n) is 5.50. The van der Waals surface area contributed by atoms with Gasteiger partial charge in [-0.3, -0.25) is 14.5 Å². The summed E-state index contributed by atoms with van der Waals surface area (Å²) in [5.74, 6) is -0.735. The average molecular weight is 418 g/mol. The minimum absolute atomic E-state index is 0.0122. The van der Waals surface area contributed by atoms with E-state index < -0.39 is 24.1 Å². The fraction of sp³-hybridized carbons (Fsp3) is 0.591.